The molecule has 1 saturated heterocycles. The number of halogens is 2. The molecule has 25 heavy (non-hydrogen) atoms. The lowest BCUT2D eigenvalue weighted by Crippen LogP contribution is -2.21. The lowest BCUT2D eigenvalue weighted by atomic mass is 10.0. The molecule has 1 aliphatic rings. The number of nitrogens with zero attached hydrogens (tertiary/aromatic N) is 1. The van der Waals surface area contributed by atoms with Crippen molar-refractivity contribution in [2.45, 2.75) is 6.42 Å². The number of carbonyl (C=O) groups is 1. The molecule has 0 unspecified atom stereocenters. The molecule has 0 saturated carbocycles. The SMILES string of the molecule is CN1CC[C@H](COC(=O)Nc2ccc(F)cc2-c2cccc(F)c2)C1. The first-order valence-corrected chi connectivity index (χ1v) is 8.19. The second kappa shape index (κ2) is 7.61. The van der Waals surface area contributed by atoms with Crippen LogP contribution in [-0.2, 0) is 4.74 Å². The van der Waals surface area contributed by atoms with Gasteiger partial charge in [0, 0.05) is 18.0 Å². The highest BCUT2D eigenvalue weighted by Crippen LogP contribution is 2.29. The number of nitrogens with one attached hydrogen (secondary N) is 1. The maximum absolute atomic E-state index is 13.6. The molecule has 0 bridgehead atoms. The highest BCUT2D eigenvalue weighted by molar-refractivity contribution is 5.91. The van der Waals surface area contributed by atoms with E-state index in [0.29, 0.717) is 29.3 Å². The van der Waals surface area contributed by atoms with Crippen molar-refractivity contribution in [3.05, 3.63) is 54.1 Å². The Kier molecular flexibility index (Phi) is 5.28. The van der Waals surface area contributed by atoms with Gasteiger partial charge in [-0.2, -0.15) is 0 Å². The van der Waals surface area contributed by atoms with Crippen LogP contribution in [0.15, 0.2) is 42.5 Å². The zero-order chi connectivity index (χ0) is 17.8. The van der Waals surface area contributed by atoms with Gasteiger partial charge in [0.2, 0.25) is 0 Å². The Hall–Kier alpha value is -2.47. The van der Waals surface area contributed by atoms with Gasteiger partial charge < -0.3 is 9.64 Å². The monoisotopic (exact) mass is 346 g/mol. The number of carbonyl (C=O) groups excluding carboxylic acids is 1. The molecule has 1 atom stereocenters. The van der Waals surface area contributed by atoms with Crippen molar-refractivity contribution in [2.24, 2.45) is 5.92 Å². The zero-order valence-electron chi connectivity index (χ0n) is 14.0. The molecule has 0 aliphatic carbocycles. The summed E-state index contributed by atoms with van der Waals surface area (Å²) in [5, 5.41) is 2.63. The van der Waals surface area contributed by atoms with E-state index >= 15 is 0 Å². The van der Waals surface area contributed by atoms with E-state index in [0.717, 1.165) is 19.5 Å². The molecule has 6 heteroatoms. The number of amides is 1. The summed E-state index contributed by atoms with van der Waals surface area (Å²) >= 11 is 0. The summed E-state index contributed by atoms with van der Waals surface area (Å²) in [5.41, 5.74) is 1.25. The maximum Gasteiger partial charge on any atom is 0.411 e. The van der Waals surface area contributed by atoms with E-state index in [9.17, 15) is 13.6 Å². The molecule has 1 fully saturated rings. The zero-order valence-corrected chi connectivity index (χ0v) is 14.0. The average molecular weight is 346 g/mol. The van der Waals surface area contributed by atoms with Gasteiger partial charge in [0.05, 0.1) is 12.3 Å². The number of anilines is 1. The van der Waals surface area contributed by atoms with E-state index in [2.05, 4.69) is 10.2 Å². The quantitative estimate of drug-likeness (QED) is 0.905. The Morgan fingerprint density at radius 3 is 2.76 bits per heavy atom. The summed E-state index contributed by atoms with van der Waals surface area (Å²) in [6, 6.07) is 9.74. The molecule has 2 aromatic carbocycles. The topological polar surface area (TPSA) is 41.6 Å². The summed E-state index contributed by atoms with van der Waals surface area (Å²) in [4.78, 5) is 14.3. The Bertz CT molecular complexity index is 767. The highest BCUT2D eigenvalue weighted by atomic mass is 19.1. The fourth-order valence-corrected chi connectivity index (χ4v) is 3.02. The van der Waals surface area contributed by atoms with Crippen molar-refractivity contribution in [1.82, 2.24) is 4.90 Å². The second-order valence-corrected chi connectivity index (χ2v) is 6.34. The van der Waals surface area contributed by atoms with Crippen LogP contribution in [0.2, 0.25) is 0 Å². The van der Waals surface area contributed by atoms with Crippen LogP contribution in [0.4, 0.5) is 19.3 Å². The normalized spacial score (nSPS) is 17.5. The summed E-state index contributed by atoms with van der Waals surface area (Å²) in [6.45, 7) is 2.24. The third-order valence-electron chi connectivity index (χ3n) is 4.29. The molecule has 0 spiro atoms. The number of likely N-dealkylation sites (tertiary alicyclic amines) is 1. The van der Waals surface area contributed by atoms with Gasteiger partial charge >= 0.3 is 6.09 Å². The van der Waals surface area contributed by atoms with E-state index in [1.165, 1.54) is 36.4 Å². The van der Waals surface area contributed by atoms with E-state index < -0.39 is 17.7 Å². The van der Waals surface area contributed by atoms with Gasteiger partial charge in [0.15, 0.2) is 0 Å². The lowest BCUT2D eigenvalue weighted by molar-refractivity contribution is 0.142. The van der Waals surface area contributed by atoms with Crippen LogP contribution < -0.4 is 5.32 Å². The number of ether oxygens (including phenoxy) is 1. The summed E-state index contributed by atoms with van der Waals surface area (Å²) in [6.07, 6.45) is 0.397. The molecule has 0 aromatic heterocycles. The first kappa shape index (κ1) is 17.4. The van der Waals surface area contributed by atoms with Crippen molar-refractivity contribution in [3.8, 4) is 11.1 Å². The van der Waals surface area contributed by atoms with Gasteiger partial charge in [0.1, 0.15) is 11.6 Å². The standard InChI is InChI=1S/C19H20F2N2O2/c1-23-8-7-13(11-23)12-25-19(24)22-18-6-5-16(21)10-17(18)14-3-2-4-15(20)9-14/h2-6,9-10,13H,7-8,11-12H2,1H3,(H,22,24)/t13-/m0/s1. The third kappa shape index (κ3) is 4.54. The molecule has 1 amide bonds. The first-order valence-electron chi connectivity index (χ1n) is 8.19. The Morgan fingerprint density at radius 2 is 2.04 bits per heavy atom. The molecule has 1 heterocycles. The minimum Gasteiger partial charge on any atom is -0.449 e. The number of benzene rings is 2. The van der Waals surface area contributed by atoms with Gasteiger partial charge in [0.25, 0.3) is 0 Å². The predicted molar refractivity (Wildman–Crippen MR) is 92.4 cm³/mol. The van der Waals surface area contributed by atoms with E-state index in [-0.39, 0.29) is 0 Å². The third-order valence-corrected chi connectivity index (χ3v) is 4.29. The minimum absolute atomic E-state index is 0.326. The molecule has 4 nitrogen and oxygen atoms in total. The Balaban J connectivity index is 1.70. The average Bonchev–Trinajstić information content (AvgIpc) is 3.00. The van der Waals surface area contributed by atoms with E-state index in [4.69, 9.17) is 4.74 Å². The van der Waals surface area contributed by atoms with Gasteiger partial charge in [-0.15, -0.1) is 0 Å². The van der Waals surface area contributed by atoms with Crippen molar-refractivity contribution in [2.75, 3.05) is 32.1 Å². The second-order valence-electron chi connectivity index (χ2n) is 6.34. The van der Waals surface area contributed by atoms with Crippen LogP contribution in [0.25, 0.3) is 11.1 Å². The molecular weight excluding hydrogens is 326 g/mol. The predicted octanol–water partition coefficient (Wildman–Crippen LogP) is 4.13. The summed E-state index contributed by atoms with van der Waals surface area (Å²) < 4.78 is 32.4. The highest BCUT2D eigenvalue weighted by Gasteiger charge is 2.21. The molecule has 0 radical (unpaired) electrons. The smallest absolute Gasteiger partial charge is 0.411 e. The van der Waals surface area contributed by atoms with Gasteiger partial charge in [-0.05, 0) is 55.9 Å². The van der Waals surface area contributed by atoms with Crippen molar-refractivity contribution in [3.63, 3.8) is 0 Å². The Labute approximate surface area is 145 Å². The number of hydrogen-bond acceptors (Lipinski definition) is 3. The van der Waals surface area contributed by atoms with Crippen molar-refractivity contribution >= 4 is 11.8 Å². The van der Waals surface area contributed by atoms with Crippen LogP contribution in [0, 0.1) is 17.6 Å². The van der Waals surface area contributed by atoms with Crippen LogP contribution >= 0.6 is 0 Å². The van der Waals surface area contributed by atoms with E-state index in [1.54, 1.807) is 6.07 Å². The largest absolute Gasteiger partial charge is 0.449 e. The number of rotatable bonds is 4. The molecule has 1 aliphatic heterocycles. The first-order chi connectivity index (χ1) is 12.0. The molecule has 1 N–H and O–H groups in total. The molecule has 132 valence electrons. The van der Waals surface area contributed by atoms with Gasteiger partial charge in [-0.3, -0.25) is 5.32 Å². The fraction of sp³-hybridized carbons (Fsp3) is 0.316. The molecular formula is C19H20F2N2O2. The van der Waals surface area contributed by atoms with Crippen molar-refractivity contribution < 1.29 is 18.3 Å². The maximum atomic E-state index is 13.6. The van der Waals surface area contributed by atoms with Crippen molar-refractivity contribution in [1.29, 1.82) is 0 Å². The van der Waals surface area contributed by atoms with E-state index in [1.807, 2.05) is 7.05 Å². The fourth-order valence-electron chi connectivity index (χ4n) is 3.02. The Morgan fingerprint density at radius 1 is 1.24 bits per heavy atom. The minimum atomic E-state index is -0.598. The van der Waals surface area contributed by atoms with Crippen LogP contribution in [0.5, 0.6) is 0 Å². The number of hydrogen-bond donors (Lipinski definition) is 1. The van der Waals surface area contributed by atoms with Crippen LogP contribution in [0.3, 0.4) is 0 Å². The van der Waals surface area contributed by atoms with Gasteiger partial charge in [-0.1, -0.05) is 12.1 Å². The van der Waals surface area contributed by atoms with Crippen LogP contribution in [-0.4, -0.2) is 37.7 Å². The molecule has 2 aromatic rings. The van der Waals surface area contributed by atoms with Crippen LogP contribution in [0.1, 0.15) is 6.42 Å². The summed E-state index contributed by atoms with van der Waals surface area (Å²) in [7, 11) is 2.03. The summed E-state index contributed by atoms with van der Waals surface area (Å²) in [5.74, 6) is -0.570. The van der Waals surface area contributed by atoms with Gasteiger partial charge in [-0.25, -0.2) is 13.6 Å². The molecule has 3 rings (SSSR count). The lowest BCUT2D eigenvalue weighted by Gasteiger charge is -2.14.